The maximum atomic E-state index is 13.8. The molecule has 32 heavy (non-hydrogen) atoms. The molecule has 10 heteroatoms. The number of para-hydroxylation sites is 3. The lowest BCUT2D eigenvalue weighted by atomic mass is 10.1. The van der Waals surface area contributed by atoms with E-state index in [2.05, 4.69) is 5.32 Å². The summed E-state index contributed by atoms with van der Waals surface area (Å²) in [5, 5.41) is 2.45. The van der Waals surface area contributed by atoms with Gasteiger partial charge in [-0.3, -0.25) is 19.4 Å². The highest BCUT2D eigenvalue weighted by Crippen LogP contribution is 2.38. The Morgan fingerprint density at radius 3 is 2.53 bits per heavy atom. The quantitative estimate of drug-likeness (QED) is 0.729. The van der Waals surface area contributed by atoms with Crippen LogP contribution >= 0.6 is 0 Å². The molecule has 1 unspecified atom stereocenters. The fraction of sp³-hybridized carbons (Fsp3) is 0.364. The van der Waals surface area contributed by atoms with Crippen LogP contribution in [-0.4, -0.2) is 56.7 Å². The Morgan fingerprint density at radius 2 is 1.88 bits per heavy atom. The summed E-state index contributed by atoms with van der Waals surface area (Å²) in [6, 6.07) is 8.96. The average Bonchev–Trinajstić information content (AvgIpc) is 2.88. The van der Waals surface area contributed by atoms with E-state index in [-0.39, 0.29) is 24.5 Å². The largest absolute Gasteiger partial charge is 0.493 e. The van der Waals surface area contributed by atoms with Crippen LogP contribution in [0.25, 0.3) is 0 Å². The zero-order valence-electron chi connectivity index (χ0n) is 17.9. The van der Waals surface area contributed by atoms with Crippen molar-refractivity contribution in [1.82, 2.24) is 4.90 Å². The Kier molecular flexibility index (Phi) is 6.93. The van der Waals surface area contributed by atoms with Crippen LogP contribution in [0.4, 0.5) is 24.5 Å². The average molecular weight is 451 g/mol. The Bertz CT molecular complexity index is 997. The molecule has 1 atom stereocenters. The van der Waals surface area contributed by atoms with Gasteiger partial charge < -0.3 is 14.8 Å². The molecule has 0 bridgehead atoms. The first-order chi connectivity index (χ1) is 15.2. The Balaban J connectivity index is 1.88. The Labute approximate surface area is 183 Å². The second-order valence-corrected chi connectivity index (χ2v) is 7.42. The van der Waals surface area contributed by atoms with Crippen LogP contribution in [0.3, 0.4) is 0 Å². The maximum absolute atomic E-state index is 13.8. The van der Waals surface area contributed by atoms with Crippen LogP contribution in [0, 0.1) is 0 Å². The van der Waals surface area contributed by atoms with E-state index in [0.717, 1.165) is 0 Å². The van der Waals surface area contributed by atoms with Crippen LogP contribution in [0.1, 0.15) is 12.0 Å². The van der Waals surface area contributed by atoms with E-state index in [1.54, 1.807) is 36.2 Å². The molecule has 2 aromatic carbocycles. The van der Waals surface area contributed by atoms with Crippen molar-refractivity contribution in [1.29, 1.82) is 0 Å². The molecule has 3 rings (SSSR count). The highest BCUT2D eigenvalue weighted by atomic mass is 19.4. The van der Waals surface area contributed by atoms with E-state index in [1.165, 1.54) is 32.4 Å². The number of amides is 2. The first kappa shape index (κ1) is 23.4. The number of halogens is 3. The number of carbonyl (C=O) groups excluding carboxylic acids is 2. The molecule has 1 N–H and O–H groups in total. The summed E-state index contributed by atoms with van der Waals surface area (Å²) >= 11 is 0. The fourth-order valence-corrected chi connectivity index (χ4v) is 3.73. The molecule has 2 aromatic rings. The first-order valence-corrected chi connectivity index (χ1v) is 9.81. The van der Waals surface area contributed by atoms with Crippen molar-refractivity contribution >= 4 is 23.2 Å². The minimum absolute atomic E-state index is 0.0121. The molecule has 0 aromatic heterocycles. The van der Waals surface area contributed by atoms with Crippen molar-refractivity contribution in [2.24, 2.45) is 0 Å². The number of hydrogen-bond acceptors (Lipinski definition) is 5. The first-order valence-electron chi connectivity index (χ1n) is 9.81. The lowest BCUT2D eigenvalue weighted by Crippen LogP contribution is -2.52. The number of fused-ring (bicyclic) bond motifs is 1. The molecule has 0 radical (unpaired) electrons. The number of likely N-dealkylation sites (N-methyl/N-ethyl adjacent to an activating group) is 1. The highest BCUT2D eigenvalue weighted by molar-refractivity contribution is 6.05. The number of methoxy groups -OCH3 is 2. The van der Waals surface area contributed by atoms with Crippen molar-refractivity contribution in [3.05, 3.63) is 48.0 Å². The third kappa shape index (κ3) is 4.96. The molecule has 0 saturated carbocycles. The number of hydrogen-bond donors (Lipinski definition) is 1. The van der Waals surface area contributed by atoms with Gasteiger partial charge in [0, 0.05) is 12.1 Å². The molecule has 0 aliphatic carbocycles. The summed E-state index contributed by atoms with van der Waals surface area (Å²) in [7, 11) is 4.60. The monoisotopic (exact) mass is 451 g/mol. The van der Waals surface area contributed by atoms with Crippen molar-refractivity contribution < 1.29 is 32.2 Å². The Hall–Kier alpha value is -3.27. The maximum Gasteiger partial charge on any atom is 0.409 e. The van der Waals surface area contributed by atoms with Crippen LogP contribution < -0.4 is 19.7 Å². The standard InChI is InChI=1S/C22H24F3N3O4/c1-27(12-14-7-6-10-17(31-2)21(14)32-3)13-20(30)28-16-9-5-4-8-15(16)26-19(29)11-18(28)22(23,24)25/h4-10,18H,11-13H2,1-3H3,(H,26,29). The number of rotatable bonds is 6. The SMILES string of the molecule is COc1cccc(CN(C)CC(=O)N2c3ccccc3NC(=O)CC2C(F)(F)F)c1OC. The molecule has 7 nitrogen and oxygen atoms in total. The number of anilines is 2. The zero-order chi connectivity index (χ0) is 23.5. The van der Waals surface area contributed by atoms with Gasteiger partial charge in [0.05, 0.1) is 38.6 Å². The predicted molar refractivity (Wildman–Crippen MR) is 113 cm³/mol. The molecule has 0 saturated heterocycles. The normalized spacial score (nSPS) is 16.3. The van der Waals surface area contributed by atoms with Crippen LogP contribution in [-0.2, 0) is 16.1 Å². The molecular formula is C22H24F3N3O4. The van der Waals surface area contributed by atoms with Gasteiger partial charge >= 0.3 is 6.18 Å². The van der Waals surface area contributed by atoms with E-state index in [4.69, 9.17) is 9.47 Å². The van der Waals surface area contributed by atoms with Gasteiger partial charge in [0.15, 0.2) is 11.5 Å². The molecule has 0 spiro atoms. The second kappa shape index (κ2) is 9.47. The van der Waals surface area contributed by atoms with Gasteiger partial charge in [-0.2, -0.15) is 13.2 Å². The van der Waals surface area contributed by atoms with E-state index >= 15 is 0 Å². The summed E-state index contributed by atoms with van der Waals surface area (Å²) in [5.74, 6) is -0.588. The van der Waals surface area contributed by atoms with E-state index in [9.17, 15) is 22.8 Å². The van der Waals surface area contributed by atoms with Crippen LogP contribution in [0.5, 0.6) is 11.5 Å². The van der Waals surface area contributed by atoms with Crippen molar-refractivity contribution in [3.63, 3.8) is 0 Å². The highest BCUT2D eigenvalue weighted by Gasteiger charge is 2.49. The van der Waals surface area contributed by atoms with Crippen molar-refractivity contribution in [2.45, 2.75) is 25.2 Å². The van der Waals surface area contributed by atoms with E-state index < -0.39 is 30.5 Å². The third-order valence-electron chi connectivity index (χ3n) is 5.10. The number of benzene rings is 2. The number of nitrogens with one attached hydrogen (secondary N) is 1. The van der Waals surface area contributed by atoms with Gasteiger partial charge in [-0.1, -0.05) is 24.3 Å². The lowest BCUT2D eigenvalue weighted by molar-refractivity contribution is -0.158. The molecule has 2 amide bonds. The van der Waals surface area contributed by atoms with Gasteiger partial charge in [-0.15, -0.1) is 0 Å². The topological polar surface area (TPSA) is 71.1 Å². The van der Waals surface area contributed by atoms with Gasteiger partial charge in [0.2, 0.25) is 11.8 Å². The molecule has 1 aliphatic heterocycles. The minimum Gasteiger partial charge on any atom is -0.493 e. The summed E-state index contributed by atoms with van der Waals surface area (Å²) < 4.78 is 52.2. The van der Waals surface area contributed by atoms with Gasteiger partial charge in [0.1, 0.15) is 6.04 Å². The molecule has 1 aliphatic rings. The molecule has 0 fully saturated rings. The number of alkyl halides is 3. The molecule has 1 heterocycles. The van der Waals surface area contributed by atoms with Crippen molar-refractivity contribution in [2.75, 3.05) is 38.0 Å². The van der Waals surface area contributed by atoms with Crippen LogP contribution in [0.2, 0.25) is 0 Å². The second-order valence-electron chi connectivity index (χ2n) is 7.42. The lowest BCUT2D eigenvalue weighted by Gasteiger charge is -2.33. The van der Waals surface area contributed by atoms with Gasteiger partial charge in [-0.25, -0.2) is 0 Å². The number of carbonyl (C=O) groups is 2. The smallest absolute Gasteiger partial charge is 0.409 e. The third-order valence-corrected chi connectivity index (χ3v) is 5.10. The minimum atomic E-state index is -4.78. The van der Waals surface area contributed by atoms with Crippen LogP contribution in [0.15, 0.2) is 42.5 Å². The zero-order valence-corrected chi connectivity index (χ0v) is 17.9. The number of nitrogens with zero attached hydrogens (tertiary/aromatic N) is 2. The van der Waals surface area contributed by atoms with Gasteiger partial charge in [-0.05, 0) is 25.2 Å². The molecule has 172 valence electrons. The predicted octanol–water partition coefficient (Wildman–Crippen LogP) is 3.44. The molecular weight excluding hydrogens is 427 g/mol. The summed E-state index contributed by atoms with van der Waals surface area (Å²) in [4.78, 5) is 27.5. The van der Waals surface area contributed by atoms with Crippen molar-refractivity contribution in [3.8, 4) is 11.5 Å². The summed E-state index contributed by atoms with van der Waals surface area (Å²) in [6.45, 7) is -0.0784. The fourth-order valence-electron chi connectivity index (χ4n) is 3.73. The summed E-state index contributed by atoms with van der Waals surface area (Å²) in [5.41, 5.74) is 0.885. The van der Waals surface area contributed by atoms with E-state index in [0.29, 0.717) is 22.0 Å². The van der Waals surface area contributed by atoms with Gasteiger partial charge in [0.25, 0.3) is 0 Å². The Morgan fingerprint density at radius 1 is 1.16 bits per heavy atom. The van der Waals surface area contributed by atoms with E-state index in [1.807, 2.05) is 0 Å². The summed E-state index contributed by atoms with van der Waals surface area (Å²) in [6.07, 6.45) is -5.66. The number of ether oxygens (including phenoxy) is 2.